The van der Waals surface area contributed by atoms with Gasteiger partial charge in [0.1, 0.15) is 0 Å². The van der Waals surface area contributed by atoms with Gasteiger partial charge < -0.3 is 10.0 Å². The lowest BCUT2D eigenvalue weighted by Gasteiger charge is -2.15. The predicted molar refractivity (Wildman–Crippen MR) is 98.1 cm³/mol. The van der Waals surface area contributed by atoms with Crippen LogP contribution in [-0.4, -0.2) is 45.5 Å². The first-order chi connectivity index (χ1) is 11.9. The molecule has 25 heavy (non-hydrogen) atoms. The molecule has 1 aromatic heterocycles. The highest BCUT2D eigenvalue weighted by atomic mass is 16.3. The summed E-state index contributed by atoms with van der Waals surface area (Å²) in [6, 6.07) is 7.99. The van der Waals surface area contributed by atoms with E-state index in [4.69, 9.17) is 0 Å². The van der Waals surface area contributed by atoms with Crippen molar-refractivity contribution in [2.75, 3.05) is 25.0 Å². The molecule has 1 aliphatic heterocycles. The largest absolute Gasteiger partial charge is 0.396 e. The smallest absolute Gasteiger partial charge is 0.323 e. The molecule has 2 N–H and O–H groups in total. The van der Waals surface area contributed by atoms with Gasteiger partial charge in [-0.1, -0.05) is 13.0 Å². The number of hydrogen-bond acceptors (Lipinski definition) is 3. The molecule has 2 atom stereocenters. The second kappa shape index (κ2) is 6.88. The van der Waals surface area contributed by atoms with Crippen molar-refractivity contribution < 1.29 is 9.90 Å². The van der Waals surface area contributed by atoms with E-state index in [2.05, 4.69) is 49.4 Å². The summed E-state index contributed by atoms with van der Waals surface area (Å²) in [5, 5.41) is 16.8. The average molecular weight is 342 g/mol. The van der Waals surface area contributed by atoms with Gasteiger partial charge in [0.2, 0.25) is 0 Å². The normalized spacial score (nSPS) is 20.1. The minimum absolute atomic E-state index is 0.116. The SMILES string of the molecule is Cc1cc(C)cc(-n2nc(NC(=O)N3C[C@@H](CO)[C@H](C)C3)cc2C)c1. The van der Waals surface area contributed by atoms with Crippen LogP contribution in [0.15, 0.2) is 24.3 Å². The third-order valence-corrected chi connectivity index (χ3v) is 4.86. The second-order valence-electron chi connectivity index (χ2n) is 7.18. The Morgan fingerprint density at radius 3 is 2.48 bits per heavy atom. The molecule has 0 aliphatic carbocycles. The van der Waals surface area contributed by atoms with Crippen LogP contribution in [-0.2, 0) is 0 Å². The Morgan fingerprint density at radius 2 is 1.88 bits per heavy atom. The maximum Gasteiger partial charge on any atom is 0.323 e. The molecule has 2 aromatic rings. The molecule has 6 heteroatoms. The molecule has 0 bridgehead atoms. The number of nitrogens with zero attached hydrogens (tertiary/aromatic N) is 3. The summed E-state index contributed by atoms with van der Waals surface area (Å²) in [7, 11) is 0. The van der Waals surface area contributed by atoms with E-state index in [0.717, 1.165) is 11.4 Å². The highest BCUT2D eigenvalue weighted by Gasteiger charge is 2.32. The van der Waals surface area contributed by atoms with Gasteiger partial charge in [0.15, 0.2) is 5.82 Å². The third kappa shape index (κ3) is 3.69. The van der Waals surface area contributed by atoms with Crippen molar-refractivity contribution in [1.29, 1.82) is 0 Å². The van der Waals surface area contributed by atoms with E-state index < -0.39 is 0 Å². The first-order valence-corrected chi connectivity index (χ1v) is 8.69. The van der Waals surface area contributed by atoms with E-state index in [9.17, 15) is 9.90 Å². The van der Waals surface area contributed by atoms with E-state index in [1.165, 1.54) is 11.1 Å². The van der Waals surface area contributed by atoms with Crippen molar-refractivity contribution in [3.05, 3.63) is 41.1 Å². The number of amides is 2. The Hall–Kier alpha value is -2.34. The zero-order valence-electron chi connectivity index (χ0n) is 15.3. The number of anilines is 1. The van der Waals surface area contributed by atoms with Crippen molar-refractivity contribution in [3.63, 3.8) is 0 Å². The number of hydrogen-bond donors (Lipinski definition) is 2. The summed E-state index contributed by atoms with van der Waals surface area (Å²) >= 11 is 0. The van der Waals surface area contributed by atoms with Crippen LogP contribution < -0.4 is 5.32 Å². The fourth-order valence-electron chi connectivity index (χ4n) is 3.50. The molecule has 2 amide bonds. The van der Waals surface area contributed by atoms with Crippen LogP contribution in [0.2, 0.25) is 0 Å². The number of nitrogens with one attached hydrogen (secondary N) is 1. The minimum atomic E-state index is -0.159. The number of rotatable bonds is 3. The molecule has 1 saturated heterocycles. The summed E-state index contributed by atoms with van der Waals surface area (Å²) in [4.78, 5) is 14.2. The second-order valence-corrected chi connectivity index (χ2v) is 7.18. The van der Waals surface area contributed by atoms with Crippen LogP contribution in [0.4, 0.5) is 10.6 Å². The topological polar surface area (TPSA) is 70.4 Å². The van der Waals surface area contributed by atoms with Gasteiger partial charge in [-0.15, -0.1) is 5.10 Å². The summed E-state index contributed by atoms with van der Waals surface area (Å²) in [5.41, 5.74) is 4.31. The van der Waals surface area contributed by atoms with Crippen molar-refractivity contribution in [2.45, 2.75) is 27.7 Å². The molecular formula is C19H26N4O2. The Morgan fingerprint density at radius 1 is 1.20 bits per heavy atom. The molecule has 1 fully saturated rings. The highest BCUT2D eigenvalue weighted by Crippen LogP contribution is 2.23. The number of carbonyl (C=O) groups is 1. The molecular weight excluding hydrogens is 316 g/mol. The molecule has 1 aliphatic rings. The third-order valence-electron chi connectivity index (χ3n) is 4.86. The standard InChI is InChI=1S/C19H26N4O2/c1-12-5-13(2)7-17(6-12)23-15(4)8-18(21-23)20-19(25)22-9-14(3)16(10-22)11-24/h5-8,14,16,24H,9-11H2,1-4H3,(H,20,21,25)/t14-,16+/m1/s1. The molecule has 1 aromatic carbocycles. The van der Waals surface area contributed by atoms with Gasteiger partial charge in [-0.05, 0) is 49.9 Å². The first-order valence-electron chi connectivity index (χ1n) is 8.69. The van der Waals surface area contributed by atoms with Gasteiger partial charge in [-0.2, -0.15) is 0 Å². The van der Waals surface area contributed by atoms with Gasteiger partial charge in [0, 0.05) is 37.4 Å². The predicted octanol–water partition coefficient (Wildman–Crippen LogP) is 2.89. The van der Waals surface area contributed by atoms with E-state index in [1.807, 2.05) is 17.7 Å². The Kier molecular flexibility index (Phi) is 4.81. The Labute approximate surface area is 148 Å². The maximum atomic E-state index is 12.5. The average Bonchev–Trinajstić information content (AvgIpc) is 3.09. The van der Waals surface area contributed by atoms with E-state index >= 15 is 0 Å². The summed E-state index contributed by atoms with van der Waals surface area (Å²) in [6.07, 6.45) is 0. The van der Waals surface area contributed by atoms with Crippen LogP contribution in [0.1, 0.15) is 23.7 Å². The van der Waals surface area contributed by atoms with Crippen LogP contribution in [0.3, 0.4) is 0 Å². The lowest BCUT2D eigenvalue weighted by molar-refractivity contribution is 0.202. The van der Waals surface area contributed by atoms with E-state index in [1.54, 1.807) is 4.90 Å². The fourth-order valence-corrected chi connectivity index (χ4v) is 3.50. The van der Waals surface area contributed by atoms with Gasteiger partial charge >= 0.3 is 6.03 Å². The Bertz CT molecular complexity index is 763. The summed E-state index contributed by atoms with van der Waals surface area (Å²) in [6.45, 7) is 9.51. The van der Waals surface area contributed by atoms with Gasteiger partial charge in [-0.25, -0.2) is 9.48 Å². The van der Waals surface area contributed by atoms with E-state index in [0.29, 0.717) is 24.8 Å². The van der Waals surface area contributed by atoms with Crippen LogP contribution in [0.25, 0.3) is 5.69 Å². The molecule has 0 radical (unpaired) electrons. The zero-order valence-corrected chi connectivity index (χ0v) is 15.3. The van der Waals surface area contributed by atoms with Gasteiger partial charge in [0.05, 0.1) is 5.69 Å². The molecule has 0 saturated carbocycles. The highest BCUT2D eigenvalue weighted by molar-refractivity contribution is 5.88. The monoisotopic (exact) mass is 342 g/mol. The maximum absolute atomic E-state index is 12.5. The Balaban J connectivity index is 1.75. The van der Waals surface area contributed by atoms with Gasteiger partial charge in [-0.3, -0.25) is 5.32 Å². The lowest BCUT2D eigenvalue weighted by atomic mass is 10.00. The first kappa shape index (κ1) is 17.5. The number of carbonyl (C=O) groups excluding carboxylic acids is 1. The number of urea groups is 1. The molecule has 0 spiro atoms. The van der Waals surface area contributed by atoms with Crippen molar-refractivity contribution in [3.8, 4) is 5.69 Å². The molecule has 6 nitrogen and oxygen atoms in total. The number of likely N-dealkylation sites (tertiary alicyclic amines) is 1. The van der Waals surface area contributed by atoms with Gasteiger partial charge in [0.25, 0.3) is 0 Å². The number of aromatic nitrogens is 2. The van der Waals surface area contributed by atoms with Crippen LogP contribution in [0.5, 0.6) is 0 Å². The minimum Gasteiger partial charge on any atom is -0.396 e. The molecule has 134 valence electrons. The number of aliphatic hydroxyl groups excluding tert-OH is 1. The number of benzene rings is 1. The number of aryl methyl sites for hydroxylation is 3. The molecule has 3 rings (SSSR count). The number of aliphatic hydroxyl groups is 1. The summed E-state index contributed by atoms with van der Waals surface area (Å²) < 4.78 is 1.85. The summed E-state index contributed by atoms with van der Waals surface area (Å²) in [5.74, 6) is 1.01. The van der Waals surface area contributed by atoms with Crippen molar-refractivity contribution in [2.24, 2.45) is 11.8 Å². The molecule has 0 unspecified atom stereocenters. The van der Waals surface area contributed by atoms with Crippen LogP contribution in [0, 0.1) is 32.6 Å². The zero-order chi connectivity index (χ0) is 18.1. The molecule has 2 heterocycles. The van der Waals surface area contributed by atoms with Crippen molar-refractivity contribution in [1.82, 2.24) is 14.7 Å². The van der Waals surface area contributed by atoms with Crippen molar-refractivity contribution >= 4 is 11.8 Å². The van der Waals surface area contributed by atoms with Crippen LogP contribution >= 0.6 is 0 Å². The van der Waals surface area contributed by atoms with E-state index in [-0.39, 0.29) is 18.6 Å². The quantitative estimate of drug-likeness (QED) is 0.901. The fraction of sp³-hybridized carbons (Fsp3) is 0.474. The lowest BCUT2D eigenvalue weighted by Crippen LogP contribution is -2.33.